The molecule has 1 fully saturated rings. The number of hydrogen-bond acceptors (Lipinski definition) is 4. The minimum absolute atomic E-state index is 0.409. The number of piperidine rings is 1. The van der Waals surface area contributed by atoms with Gasteiger partial charge in [-0.05, 0) is 23.8 Å². The molecule has 1 N–H and O–H groups in total. The average Bonchev–Trinajstić information content (AvgIpc) is 2.64. The number of nitrogens with zero attached hydrogens (tertiary/aromatic N) is 2. The first-order valence-electron chi connectivity index (χ1n) is 8.31. The van der Waals surface area contributed by atoms with Crippen molar-refractivity contribution in [3.05, 3.63) is 65.7 Å². The Morgan fingerprint density at radius 1 is 1.12 bits per heavy atom. The summed E-state index contributed by atoms with van der Waals surface area (Å²) in [7, 11) is 0. The molecule has 0 spiro atoms. The highest BCUT2D eigenvalue weighted by molar-refractivity contribution is 5.78. The fourth-order valence-electron chi connectivity index (χ4n) is 3.15. The summed E-state index contributed by atoms with van der Waals surface area (Å²) >= 11 is 0. The Hall–Kier alpha value is -2.84. The van der Waals surface area contributed by atoms with Gasteiger partial charge in [0.05, 0.1) is 11.6 Å². The highest BCUT2D eigenvalue weighted by atomic mass is 16.5. The maximum atomic E-state index is 11.9. The van der Waals surface area contributed by atoms with Gasteiger partial charge in [0.2, 0.25) is 5.60 Å². The first-order chi connectivity index (χ1) is 12.1. The van der Waals surface area contributed by atoms with Crippen LogP contribution in [0.1, 0.15) is 24.0 Å². The highest BCUT2D eigenvalue weighted by Gasteiger charge is 2.44. The Balaban J connectivity index is 1.68. The van der Waals surface area contributed by atoms with Gasteiger partial charge >= 0.3 is 5.97 Å². The van der Waals surface area contributed by atoms with E-state index in [4.69, 9.17) is 4.74 Å². The van der Waals surface area contributed by atoms with Crippen molar-refractivity contribution in [1.82, 2.24) is 4.90 Å². The van der Waals surface area contributed by atoms with Gasteiger partial charge in [0.25, 0.3) is 0 Å². The summed E-state index contributed by atoms with van der Waals surface area (Å²) in [5.74, 6) is -0.346. The number of likely N-dealkylation sites (tertiary alicyclic amines) is 1. The molecule has 0 radical (unpaired) electrons. The molecular formula is C20H20N2O3. The van der Waals surface area contributed by atoms with E-state index < -0.39 is 11.6 Å². The standard InChI is InChI=1S/C20H20N2O3/c21-14-16-6-4-5-7-17(16)15-22-12-10-20(11-13-22,19(23)24)25-18-8-2-1-3-9-18/h1-9H,10-13,15H2,(H,23,24). The molecule has 1 heterocycles. The molecule has 5 heteroatoms. The molecule has 1 saturated heterocycles. The molecule has 0 aliphatic carbocycles. The van der Waals surface area contributed by atoms with Gasteiger partial charge in [-0.1, -0.05) is 36.4 Å². The van der Waals surface area contributed by atoms with Gasteiger partial charge in [-0.25, -0.2) is 4.79 Å². The molecule has 128 valence electrons. The number of benzene rings is 2. The van der Waals surface area contributed by atoms with Crippen molar-refractivity contribution in [2.45, 2.75) is 25.0 Å². The van der Waals surface area contributed by atoms with E-state index in [-0.39, 0.29) is 0 Å². The predicted octanol–water partition coefficient (Wildman–Crippen LogP) is 3.06. The first-order valence-corrected chi connectivity index (χ1v) is 8.31. The molecule has 2 aromatic carbocycles. The lowest BCUT2D eigenvalue weighted by atomic mass is 9.90. The largest absolute Gasteiger partial charge is 0.478 e. The SMILES string of the molecule is N#Cc1ccccc1CN1CCC(Oc2ccccc2)(C(=O)O)CC1. The number of ether oxygens (including phenoxy) is 1. The summed E-state index contributed by atoms with van der Waals surface area (Å²) in [5.41, 5.74) is 0.446. The molecular weight excluding hydrogens is 316 g/mol. The van der Waals surface area contributed by atoms with Crippen LogP contribution >= 0.6 is 0 Å². The third-order valence-corrected chi connectivity index (χ3v) is 4.64. The van der Waals surface area contributed by atoms with Crippen LogP contribution in [0.25, 0.3) is 0 Å². The molecule has 2 aromatic rings. The van der Waals surface area contributed by atoms with E-state index in [1.807, 2.05) is 36.4 Å². The Morgan fingerprint density at radius 2 is 1.76 bits per heavy atom. The molecule has 5 nitrogen and oxygen atoms in total. The van der Waals surface area contributed by atoms with E-state index in [1.54, 1.807) is 18.2 Å². The van der Waals surface area contributed by atoms with E-state index >= 15 is 0 Å². The quantitative estimate of drug-likeness (QED) is 0.908. The van der Waals surface area contributed by atoms with Crippen LogP contribution in [0.3, 0.4) is 0 Å². The van der Waals surface area contributed by atoms with Crippen LogP contribution in [-0.2, 0) is 11.3 Å². The molecule has 0 saturated carbocycles. The molecule has 1 aliphatic rings. The first kappa shape index (κ1) is 17.0. The average molecular weight is 336 g/mol. The monoisotopic (exact) mass is 336 g/mol. The van der Waals surface area contributed by atoms with Crippen molar-refractivity contribution in [2.75, 3.05) is 13.1 Å². The molecule has 0 aromatic heterocycles. The van der Waals surface area contributed by atoms with Crippen LogP contribution in [-0.4, -0.2) is 34.7 Å². The summed E-state index contributed by atoms with van der Waals surface area (Å²) in [4.78, 5) is 14.0. The third-order valence-electron chi connectivity index (χ3n) is 4.64. The maximum absolute atomic E-state index is 11.9. The zero-order chi connectivity index (χ0) is 17.7. The second-order valence-corrected chi connectivity index (χ2v) is 6.26. The normalized spacial score (nSPS) is 16.8. The van der Waals surface area contributed by atoms with E-state index in [9.17, 15) is 15.2 Å². The zero-order valence-electron chi connectivity index (χ0n) is 13.9. The van der Waals surface area contributed by atoms with Crippen molar-refractivity contribution >= 4 is 5.97 Å². The molecule has 0 atom stereocenters. The minimum atomic E-state index is -1.19. The van der Waals surface area contributed by atoms with Gasteiger partial charge in [0.1, 0.15) is 5.75 Å². The van der Waals surface area contributed by atoms with Crippen LogP contribution in [0.4, 0.5) is 0 Å². The summed E-state index contributed by atoms with van der Waals surface area (Å²) in [6, 6.07) is 18.8. The number of para-hydroxylation sites is 1. The van der Waals surface area contributed by atoms with Gasteiger partial charge in [-0.3, -0.25) is 4.90 Å². The van der Waals surface area contributed by atoms with Crippen molar-refractivity contribution in [3.8, 4) is 11.8 Å². The van der Waals surface area contributed by atoms with E-state index in [0.717, 1.165) is 5.56 Å². The van der Waals surface area contributed by atoms with Crippen LogP contribution in [0.15, 0.2) is 54.6 Å². The van der Waals surface area contributed by atoms with E-state index in [2.05, 4.69) is 11.0 Å². The van der Waals surface area contributed by atoms with Crippen molar-refractivity contribution in [1.29, 1.82) is 5.26 Å². The lowest BCUT2D eigenvalue weighted by molar-refractivity contribution is -0.159. The van der Waals surface area contributed by atoms with Crippen LogP contribution < -0.4 is 4.74 Å². The molecule has 25 heavy (non-hydrogen) atoms. The fourth-order valence-corrected chi connectivity index (χ4v) is 3.15. The van der Waals surface area contributed by atoms with Crippen LogP contribution in [0.2, 0.25) is 0 Å². The minimum Gasteiger partial charge on any atom is -0.478 e. The Morgan fingerprint density at radius 3 is 2.40 bits per heavy atom. The summed E-state index contributed by atoms with van der Waals surface area (Å²) < 4.78 is 5.87. The van der Waals surface area contributed by atoms with Gasteiger partial charge < -0.3 is 9.84 Å². The van der Waals surface area contributed by atoms with Crippen LogP contribution in [0.5, 0.6) is 5.75 Å². The molecule has 0 bridgehead atoms. The second-order valence-electron chi connectivity index (χ2n) is 6.26. The summed E-state index contributed by atoms with van der Waals surface area (Å²) in [6.07, 6.45) is 0.817. The number of aliphatic carboxylic acids is 1. The molecule has 1 aliphatic heterocycles. The topological polar surface area (TPSA) is 73.6 Å². The fraction of sp³-hybridized carbons (Fsp3) is 0.300. The van der Waals surface area contributed by atoms with Gasteiger partial charge in [-0.15, -0.1) is 0 Å². The number of hydrogen-bond donors (Lipinski definition) is 1. The summed E-state index contributed by atoms with van der Waals surface area (Å²) in [6.45, 7) is 1.86. The molecule has 0 amide bonds. The van der Waals surface area contributed by atoms with Gasteiger partial charge in [-0.2, -0.15) is 5.26 Å². The lowest BCUT2D eigenvalue weighted by Gasteiger charge is -2.39. The Bertz CT molecular complexity index is 775. The lowest BCUT2D eigenvalue weighted by Crippen LogP contribution is -2.53. The Kier molecular flexibility index (Phi) is 5.01. The molecule has 0 unspecified atom stereocenters. The van der Waals surface area contributed by atoms with Crippen molar-refractivity contribution in [3.63, 3.8) is 0 Å². The van der Waals surface area contributed by atoms with Gasteiger partial charge in [0, 0.05) is 32.5 Å². The third kappa shape index (κ3) is 3.81. The zero-order valence-corrected chi connectivity index (χ0v) is 13.9. The maximum Gasteiger partial charge on any atom is 0.348 e. The molecule has 3 rings (SSSR count). The van der Waals surface area contributed by atoms with Gasteiger partial charge in [0.15, 0.2) is 0 Å². The number of rotatable bonds is 5. The number of carboxylic acid groups (broad SMARTS) is 1. The smallest absolute Gasteiger partial charge is 0.348 e. The predicted molar refractivity (Wildman–Crippen MR) is 93.1 cm³/mol. The van der Waals surface area contributed by atoms with E-state index in [0.29, 0.717) is 43.8 Å². The highest BCUT2D eigenvalue weighted by Crippen LogP contribution is 2.30. The second kappa shape index (κ2) is 7.37. The number of carbonyl (C=O) groups is 1. The van der Waals surface area contributed by atoms with Crippen LogP contribution in [0, 0.1) is 11.3 Å². The summed E-state index contributed by atoms with van der Waals surface area (Å²) in [5, 5.41) is 18.9. The van der Waals surface area contributed by atoms with Crippen molar-refractivity contribution in [2.24, 2.45) is 0 Å². The number of carboxylic acids is 1. The van der Waals surface area contributed by atoms with Crippen molar-refractivity contribution < 1.29 is 14.6 Å². The van der Waals surface area contributed by atoms with E-state index in [1.165, 1.54) is 0 Å². The Labute approximate surface area is 147 Å². The number of nitriles is 1.